The van der Waals surface area contributed by atoms with E-state index in [1.807, 2.05) is 12.1 Å². The first-order chi connectivity index (χ1) is 9.67. The van der Waals surface area contributed by atoms with Crippen LogP contribution in [0.15, 0.2) is 42.6 Å². The highest BCUT2D eigenvalue weighted by atomic mass is 35.5. The summed E-state index contributed by atoms with van der Waals surface area (Å²) in [5.41, 5.74) is 1.41. The zero-order valence-corrected chi connectivity index (χ0v) is 11.6. The molecule has 5 nitrogen and oxygen atoms in total. The maximum Gasteiger partial charge on any atom is 0.411 e. The van der Waals surface area contributed by atoms with E-state index in [1.165, 1.54) is 0 Å². The first kappa shape index (κ1) is 14.1. The van der Waals surface area contributed by atoms with E-state index in [4.69, 9.17) is 16.3 Å². The molecule has 1 aromatic carbocycles. The van der Waals surface area contributed by atoms with Gasteiger partial charge in [0.15, 0.2) is 0 Å². The predicted octanol–water partition coefficient (Wildman–Crippen LogP) is 4.05. The van der Waals surface area contributed by atoms with Crippen molar-refractivity contribution in [3.05, 3.63) is 47.6 Å². The molecule has 2 rings (SSSR count). The van der Waals surface area contributed by atoms with Crippen LogP contribution < -0.4 is 10.6 Å². The van der Waals surface area contributed by atoms with Crippen molar-refractivity contribution >= 4 is 34.9 Å². The third kappa shape index (κ3) is 4.13. The summed E-state index contributed by atoms with van der Waals surface area (Å²) in [4.78, 5) is 15.4. The number of benzene rings is 1. The summed E-state index contributed by atoms with van der Waals surface area (Å²) in [6.45, 7) is 2.07. The number of anilines is 3. The zero-order chi connectivity index (χ0) is 14.4. The van der Waals surface area contributed by atoms with Crippen LogP contribution in [0, 0.1) is 0 Å². The van der Waals surface area contributed by atoms with E-state index >= 15 is 0 Å². The topological polar surface area (TPSA) is 63.2 Å². The Hall–Kier alpha value is -2.27. The minimum Gasteiger partial charge on any atom is -0.450 e. The van der Waals surface area contributed by atoms with Gasteiger partial charge in [-0.1, -0.05) is 17.7 Å². The molecule has 20 heavy (non-hydrogen) atoms. The van der Waals surface area contributed by atoms with Crippen molar-refractivity contribution in [1.29, 1.82) is 0 Å². The quantitative estimate of drug-likeness (QED) is 0.892. The van der Waals surface area contributed by atoms with E-state index in [0.717, 1.165) is 5.69 Å². The molecular formula is C14H14ClN3O2. The Labute approximate surface area is 121 Å². The molecule has 1 amide bonds. The third-order valence-corrected chi connectivity index (χ3v) is 2.62. The number of aromatic nitrogens is 1. The monoisotopic (exact) mass is 291 g/mol. The Kier molecular flexibility index (Phi) is 4.79. The molecule has 1 aromatic heterocycles. The SMILES string of the molecule is CCOC(=O)Nc1ccc(Nc2cccc(Cl)c2)nc1. The number of nitrogens with one attached hydrogen (secondary N) is 2. The summed E-state index contributed by atoms with van der Waals surface area (Å²) in [5.74, 6) is 0.654. The number of nitrogens with zero attached hydrogens (tertiary/aromatic N) is 1. The summed E-state index contributed by atoms with van der Waals surface area (Å²) in [5, 5.41) is 6.33. The second kappa shape index (κ2) is 6.77. The Balaban J connectivity index is 1.99. The molecule has 6 heteroatoms. The lowest BCUT2D eigenvalue weighted by Gasteiger charge is -2.08. The lowest BCUT2D eigenvalue weighted by Crippen LogP contribution is -2.13. The normalized spacial score (nSPS) is 9.90. The van der Waals surface area contributed by atoms with Crippen LogP contribution in [-0.2, 0) is 4.74 Å². The Morgan fingerprint density at radius 1 is 1.30 bits per heavy atom. The first-order valence-electron chi connectivity index (χ1n) is 6.10. The zero-order valence-electron chi connectivity index (χ0n) is 10.9. The largest absolute Gasteiger partial charge is 0.450 e. The maximum atomic E-state index is 11.2. The summed E-state index contributed by atoms with van der Waals surface area (Å²) in [6.07, 6.45) is 1.05. The van der Waals surface area contributed by atoms with Crippen molar-refractivity contribution in [3.63, 3.8) is 0 Å². The van der Waals surface area contributed by atoms with E-state index in [1.54, 1.807) is 37.4 Å². The van der Waals surface area contributed by atoms with Gasteiger partial charge in [-0.05, 0) is 37.3 Å². The molecule has 0 aliphatic carbocycles. The Bertz CT molecular complexity index is 587. The fourth-order valence-corrected chi connectivity index (χ4v) is 1.73. The maximum absolute atomic E-state index is 11.2. The molecule has 104 valence electrons. The number of rotatable bonds is 4. The fourth-order valence-electron chi connectivity index (χ4n) is 1.54. The van der Waals surface area contributed by atoms with E-state index in [0.29, 0.717) is 23.1 Å². The molecule has 0 saturated carbocycles. The lowest BCUT2D eigenvalue weighted by molar-refractivity contribution is 0.168. The van der Waals surface area contributed by atoms with E-state index in [-0.39, 0.29) is 0 Å². The number of pyridine rings is 1. The van der Waals surface area contributed by atoms with E-state index in [2.05, 4.69) is 15.6 Å². The summed E-state index contributed by atoms with van der Waals surface area (Å²) in [7, 11) is 0. The van der Waals surface area contributed by atoms with Crippen LogP contribution in [0.3, 0.4) is 0 Å². The predicted molar refractivity (Wildman–Crippen MR) is 79.6 cm³/mol. The Morgan fingerprint density at radius 3 is 2.80 bits per heavy atom. The minimum atomic E-state index is -0.496. The molecule has 0 aliphatic rings. The average molecular weight is 292 g/mol. The van der Waals surface area contributed by atoms with Gasteiger partial charge in [0.1, 0.15) is 5.82 Å². The number of carbonyl (C=O) groups excluding carboxylic acids is 1. The summed E-state index contributed by atoms with van der Waals surface area (Å²) < 4.78 is 4.78. The van der Waals surface area contributed by atoms with Crippen molar-refractivity contribution in [1.82, 2.24) is 4.98 Å². The molecule has 0 saturated heterocycles. The molecule has 0 bridgehead atoms. The van der Waals surface area contributed by atoms with Gasteiger partial charge in [0.05, 0.1) is 18.5 Å². The molecule has 0 spiro atoms. The molecule has 0 unspecified atom stereocenters. The highest BCUT2D eigenvalue weighted by Crippen LogP contribution is 2.19. The van der Waals surface area contributed by atoms with Crippen LogP contribution >= 0.6 is 11.6 Å². The van der Waals surface area contributed by atoms with Crippen molar-refractivity contribution in [3.8, 4) is 0 Å². The molecule has 2 N–H and O–H groups in total. The minimum absolute atomic E-state index is 0.327. The smallest absolute Gasteiger partial charge is 0.411 e. The number of amides is 1. The second-order valence-corrected chi connectivity index (χ2v) is 4.35. The first-order valence-corrected chi connectivity index (χ1v) is 6.47. The average Bonchev–Trinajstić information content (AvgIpc) is 2.41. The highest BCUT2D eigenvalue weighted by molar-refractivity contribution is 6.30. The molecule has 0 radical (unpaired) electrons. The third-order valence-electron chi connectivity index (χ3n) is 2.38. The Morgan fingerprint density at radius 2 is 2.15 bits per heavy atom. The van der Waals surface area contributed by atoms with Crippen LogP contribution in [0.4, 0.5) is 22.0 Å². The van der Waals surface area contributed by atoms with Crippen molar-refractivity contribution in [2.24, 2.45) is 0 Å². The van der Waals surface area contributed by atoms with Gasteiger partial charge in [0.2, 0.25) is 0 Å². The van der Waals surface area contributed by atoms with Gasteiger partial charge < -0.3 is 10.1 Å². The molecule has 1 heterocycles. The molecule has 0 aliphatic heterocycles. The van der Waals surface area contributed by atoms with Gasteiger partial charge in [0, 0.05) is 10.7 Å². The number of ether oxygens (including phenoxy) is 1. The number of halogens is 1. The van der Waals surface area contributed by atoms with Crippen molar-refractivity contribution in [2.75, 3.05) is 17.2 Å². The molecule has 0 fully saturated rings. The fraction of sp³-hybridized carbons (Fsp3) is 0.143. The van der Waals surface area contributed by atoms with Gasteiger partial charge in [-0.15, -0.1) is 0 Å². The number of hydrogen-bond donors (Lipinski definition) is 2. The summed E-state index contributed by atoms with van der Waals surface area (Å²) >= 11 is 5.90. The summed E-state index contributed by atoms with van der Waals surface area (Å²) in [6, 6.07) is 10.8. The van der Waals surface area contributed by atoms with Crippen LogP contribution in [0.25, 0.3) is 0 Å². The second-order valence-electron chi connectivity index (χ2n) is 3.91. The van der Waals surface area contributed by atoms with Crippen LogP contribution in [0.1, 0.15) is 6.92 Å². The highest BCUT2D eigenvalue weighted by Gasteiger charge is 2.02. The van der Waals surface area contributed by atoms with Gasteiger partial charge in [-0.25, -0.2) is 9.78 Å². The van der Waals surface area contributed by atoms with Gasteiger partial charge >= 0.3 is 6.09 Å². The molecule has 0 atom stereocenters. The molecule has 2 aromatic rings. The van der Waals surface area contributed by atoms with Gasteiger partial charge in [-0.3, -0.25) is 5.32 Å². The standard InChI is InChI=1S/C14H14ClN3O2/c1-2-20-14(19)18-12-6-7-13(16-9-12)17-11-5-3-4-10(15)8-11/h3-9H,2H2,1H3,(H,16,17)(H,18,19). The van der Waals surface area contributed by atoms with Crippen molar-refractivity contribution < 1.29 is 9.53 Å². The number of carbonyl (C=O) groups is 1. The van der Waals surface area contributed by atoms with E-state index < -0.39 is 6.09 Å². The van der Waals surface area contributed by atoms with Gasteiger partial charge in [0.25, 0.3) is 0 Å². The van der Waals surface area contributed by atoms with E-state index in [9.17, 15) is 4.79 Å². The van der Waals surface area contributed by atoms with Crippen molar-refractivity contribution in [2.45, 2.75) is 6.92 Å². The van der Waals surface area contributed by atoms with Crippen LogP contribution in [0.5, 0.6) is 0 Å². The molecular weight excluding hydrogens is 278 g/mol. The van der Waals surface area contributed by atoms with Crippen LogP contribution in [0.2, 0.25) is 5.02 Å². The number of hydrogen-bond acceptors (Lipinski definition) is 4. The lowest BCUT2D eigenvalue weighted by atomic mass is 10.3. The van der Waals surface area contributed by atoms with Gasteiger partial charge in [-0.2, -0.15) is 0 Å². The van der Waals surface area contributed by atoms with Crippen LogP contribution in [-0.4, -0.2) is 17.7 Å².